The summed E-state index contributed by atoms with van der Waals surface area (Å²) in [5, 5.41) is 0.554. The lowest BCUT2D eigenvalue weighted by molar-refractivity contribution is 0.00910. The zero-order chi connectivity index (χ0) is 12.6. The standard InChI is InChI=1S/C14H19ClN2O/c1-14(7-4-8-18-14)13-16-11(9-12(15)17-13)10-5-2-3-6-10/h9-10H,2-8H2,1H3. The van der Waals surface area contributed by atoms with Gasteiger partial charge in [-0.2, -0.15) is 0 Å². The molecular formula is C14H19ClN2O. The Hall–Kier alpha value is -0.670. The number of hydrogen-bond acceptors (Lipinski definition) is 3. The van der Waals surface area contributed by atoms with Crippen LogP contribution in [0.1, 0.15) is 62.9 Å². The predicted octanol–water partition coefficient (Wildman–Crippen LogP) is 3.81. The van der Waals surface area contributed by atoms with E-state index < -0.39 is 0 Å². The SMILES string of the molecule is CC1(c2nc(Cl)cc(C3CCCC3)n2)CCCO1. The second kappa shape index (κ2) is 4.78. The summed E-state index contributed by atoms with van der Waals surface area (Å²) in [6.07, 6.45) is 7.11. The third-order valence-electron chi connectivity index (χ3n) is 4.18. The average Bonchev–Trinajstić information content (AvgIpc) is 2.99. The predicted molar refractivity (Wildman–Crippen MR) is 70.8 cm³/mol. The molecule has 1 unspecified atom stereocenters. The summed E-state index contributed by atoms with van der Waals surface area (Å²) in [4.78, 5) is 9.14. The van der Waals surface area contributed by atoms with Crippen molar-refractivity contribution in [3.63, 3.8) is 0 Å². The van der Waals surface area contributed by atoms with Gasteiger partial charge in [0.05, 0.1) is 0 Å². The second-order valence-corrected chi connectivity index (χ2v) is 5.99. The Bertz CT molecular complexity index is 437. The van der Waals surface area contributed by atoms with Gasteiger partial charge in [0.1, 0.15) is 10.8 Å². The van der Waals surface area contributed by atoms with Gasteiger partial charge in [-0.05, 0) is 38.7 Å². The molecule has 1 saturated carbocycles. The highest BCUT2D eigenvalue weighted by Crippen LogP contribution is 2.37. The zero-order valence-corrected chi connectivity index (χ0v) is 11.5. The van der Waals surface area contributed by atoms with Crippen molar-refractivity contribution in [1.82, 2.24) is 9.97 Å². The first-order chi connectivity index (χ1) is 8.67. The maximum absolute atomic E-state index is 6.16. The molecule has 1 atom stereocenters. The fourth-order valence-electron chi connectivity index (χ4n) is 3.06. The van der Waals surface area contributed by atoms with Crippen LogP contribution in [-0.4, -0.2) is 16.6 Å². The van der Waals surface area contributed by atoms with Crippen LogP contribution in [0, 0.1) is 0 Å². The molecule has 0 aromatic carbocycles. The van der Waals surface area contributed by atoms with E-state index in [4.69, 9.17) is 21.3 Å². The maximum Gasteiger partial charge on any atom is 0.161 e. The Morgan fingerprint density at radius 1 is 1.28 bits per heavy atom. The summed E-state index contributed by atoms with van der Waals surface area (Å²) in [5.74, 6) is 1.34. The topological polar surface area (TPSA) is 35.0 Å². The lowest BCUT2D eigenvalue weighted by atomic mass is 10.00. The van der Waals surface area contributed by atoms with Gasteiger partial charge in [-0.1, -0.05) is 24.4 Å². The molecule has 2 fully saturated rings. The summed E-state index contributed by atoms with van der Waals surface area (Å²) in [7, 11) is 0. The van der Waals surface area contributed by atoms with E-state index >= 15 is 0 Å². The van der Waals surface area contributed by atoms with Crippen LogP contribution in [0.4, 0.5) is 0 Å². The van der Waals surface area contributed by atoms with Gasteiger partial charge in [-0.3, -0.25) is 0 Å². The first-order valence-electron chi connectivity index (χ1n) is 6.86. The lowest BCUT2D eigenvalue weighted by Gasteiger charge is -2.22. The molecule has 1 aliphatic heterocycles. The van der Waals surface area contributed by atoms with Gasteiger partial charge < -0.3 is 4.74 Å². The smallest absolute Gasteiger partial charge is 0.161 e. The molecule has 1 aromatic rings. The molecule has 0 bridgehead atoms. The van der Waals surface area contributed by atoms with Gasteiger partial charge in [0.2, 0.25) is 0 Å². The van der Waals surface area contributed by atoms with E-state index in [1.54, 1.807) is 0 Å². The highest BCUT2D eigenvalue weighted by Gasteiger charge is 2.35. The number of ether oxygens (including phenoxy) is 1. The molecule has 4 heteroatoms. The molecule has 18 heavy (non-hydrogen) atoms. The highest BCUT2D eigenvalue weighted by atomic mass is 35.5. The largest absolute Gasteiger partial charge is 0.367 e. The first kappa shape index (κ1) is 12.4. The van der Waals surface area contributed by atoms with E-state index in [2.05, 4.69) is 11.9 Å². The monoisotopic (exact) mass is 266 g/mol. The normalized spacial score (nSPS) is 29.0. The van der Waals surface area contributed by atoms with Crippen molar-refractivity contribution in [1.29, 1.82) is 0 Å². The molecular weight excluding hydrogens is 248 g/mol. The van der Waals surface area contributed by atoms with Crippen LogP contribution in [0.3, 0.4) is 0 Å². The minimum Gasteiger partial charge on any atom is -0.367 e. The van der Waals surface area contributed by atoms with Crippen molar-refractivity contribution in [3.8, 4) is 0 Å². The van der Waals surface area contributed by atoms with Crippen molar-refractivity contribution in [2.24, 2.45) is 0 Å². The van der Waals surface area contributed by atoms with Crippen LogP contribution in [-0.2, 0) is 10.3 Å². The molecule has 3 nitrogen and oxygen atoms in total. The number of nitrogens with zero attached hydrogens (tertiary/aromatic N) is 2. The second-order valence-electron chi connectivity index (χ2n) is 5.60. The molecule has 2 heterocycles. The zero-order valence-electron chi connectivity index (χ0n) is 10.8. The summed E-state index contributed by atoms with van der Waals surface area (Å²) < 4.78 is 5.82. The third-order valence-corrected chi connectivity index (χ3v) is 4.37. The van der Waals surface area contributed by atoms with Crippen molar-refractivity contribution in [3.05, 3.63) is 22.7 Å². The molecule has 3 rings (SSSR count). The van der Waals surface area contributed by atoms with Crippen LogP contribution in [0.15, 0.2) is 6.07 Å². The summed E-state index contributed by atoms with van der Waals surface area (Å²) in [6.45, 7) is 2.87. The summed E-state index contributed by atoms with van der Waals surface area (Å²) in [6, 6.07) is 1.93. The molecule has 0 N–H and O–H groups in total. The van der Waals surface area contributed by atoms with E-state index in [-0.39, 0.29) is 5.60 Å². The van der Waals surface area contributed by atoms with Gasteiger partial charge in [0.25, 0.3) is 0 Å². The number of hydrogen-bond donors (Lipinski definition) is 0. The Labute approximate surface area is 113 Å². The fraction of sp³-hybridized carbons (Fsp3) is 0.714. The van der Waals surface area contributed by atoms with E-state index in [0.29, 0.717) is 11.1 Å². The molecule has 2 aliphatic rings. The maximum atomic E-state index is 6.16. The molecule has 0 spiro atoms. The minimum absolute atomic E-state index is 0.335. The number of halogens is 1. The highest BCUT2D eigenvalue weighted by molar-refractivity contribution is 6.29. The first-order valence-corrected chi connectivity index (χ1v) is 7.24. The summed E-state index contributed by atoms with van der Waals surface area (Å²) in [5.41, 5.74) is 0.775. The Kier molecular flexibility index (Phi) is 3.29. The van der Waals surface area contributed by atoms with Gasteiger partial charge in [0.15, 0.2) is 5.82 Å². The van der Waals surface area contributed by atoms with Crippen molar-refractivity contribution < 1.29 is 4.74 Å². The Balaban J connectivity index is 1.94. The lowest BCUT2D eigenvalue weighted by Crippen LogP contribution is -2.24. The third kappa shape index (κ3) is 2.26. The van der Waals surface area contributed by atoms with Crippen LogP contribution in [0.5, 0.6) is 0 Å². The van der Waals surface area contributed by atoms with Crippen molar-refractivity contribution >= 4 is 11.6 Å². The molecule has 1 aromatic heterocycles. The molecule has 0 radical (unpaired) electrons. The summed E-state index contributed by atoms with van der Waals surface area (Å²) >= 11 is 6.16. The quantitative estimate of drug-likeness (QED) is 0.764. The molecule has 1 aliphatic carbocycles. The van der Waals surface area contributed by atoms with Gasteiger partial charge in [0, 0.05) is 18.2 Å². The van der Waals surface area contributed by atoms with Crippen LogP contribution >= 0.6 is 11.6 Å². The molecule has 1 saturated heterocycles. The Morgan fingerprint density at radius 3 is 2.72 bits per heavy atom. The van der Waals surface area contributed by atoms with E-state index in [1.165, 1.54) is 25.7 Å². The van der Waals surface area contributed by atoms with Gasteiger partial charge in [-0.15, -0.1) is 0 Å². The van der Waals surface area contributed by atoms with E-state index in [0.717, 1.165) is 31.0 Å². The van der Waals surface area contributed by atoms with E-state index in [1.807, 2.05) is 6.07 Å². The van der Waals surface area contributed by atoms with Crippen LogP contribution in [0.25, 0.3) is 0 Å². The Morgan fingerprint density at radius 2 is 2.06 bits per heavy atom. The van der Waals surface area contributed by atoms with Crippen molar-refractivity contribution in [2.45, 2.75) is 57.0 Å². The van der Waals surface area contributed by atoms with Crippen molar-refractivity contribution in [2.75, 3.05) is 6.61 Å². The fourth-order valence-corrected chi connectivity index (χ4v) is 3.25. The van der Waals surface area contributed by atoms with E-state index in [9.17, 15) is 0 Å². The van der Waals surface area contributed by atoms with Crippen LogP contribution < -0.4 is 0 Å². The van der Waals surface area contributed by atoms with Gasteiger partial charge in [-0.25, -0.2) is 9.97 Å². The molecule has 0 amide bonds. The minimum atomic E-state index is -0.335. The van der Waals surface area contributed by atoms with Crippen LogP contribution in [0.2, 0.25) is 5.15 Å². The van der Waals surface area contributed by atoms with Gasteiger partial charge >= 0.3 is 0 Å². The molecule has 98 valence electrons. The average molecular weight is 267 g/mol. The number of rotatable bonds is 2. The number of aromatic nitrogens is 2.